The van der Waals surface area contributed by atoms with Crippen molar-refractivity contribution >= 4 is 18.7 Å². The van der Waals surface area contributed by atoms with Crippen LogP contribution < -0.4 is 5.73 Å². The molecule has 0 aromatic carbocycles. The van der Waals surface area contributed by atoms with Crippen LogP contribution in [-0.4, -0.2) is 28.3 Å². The molecule has 1 amide bonds. The molecule has 0 saturated carbocycles. The van der Waals surface area contributed by atoms with Gasteiger partial charge >= 0.3 is 0 Å². The Balaban J connectivity index is 2.79. The van der Waals surface area contributed by atoms with E-state index in [1.165, 1.54) is 9.21 Å². The molecule has 1 unspecified atom stereocenters. The normalized spacial score (nSPS) is 25.9. The zero-order valence-corrected chi connectivity index (χ0v) is 6.45. The second-order valence-electron chi connectivity index (χ2n) is 2.07. The smallest absolute Gasteiger partial charge is 0.264 e. The molecule has 1 aliphatic rings. The van der Waals surface area contributed by atoms with Crippen LogP contribution in [0.4, 0.5) is 0 Å². The first kappa shape index (κ1) is 7.43. The molecule has 0 radical (unpaired) electrons. The summed E-state index contributed by atoms with van der Waals surface area (Å²) in [5.41, 5.74) is 5.42. The second kappa shape index (κ2) is 2.51. The van der Waals surface area contributed by atoms with Gasteiger partial charge in [-0.25, -0.2) is 0 Å². The van der Waals surface area contributed by atoms with Gasteiger partial charge in [0.1, 0.15) is 0 Å². The van der Waals surface area contributed by atoms with Crippen molar-refractivity contribution in [2.75, 3.05) is 7.05 Å². The van der Waals surface area contributed by atoms with Gasteiger partial charge in [-0.3, -0.25) is 9.10 Å². The number of carbonyl (C=O) groups excluding carboxylic acids is 1. The molecular formula is C5H9N3OS. The van der Waals surface area contributed by atoms with Gasteiger partial charge < -0.3 is 10.6 Å². The van der Waals surface area contributed by atoms with E-state index >= 15 is 0 Å². The van der Waals surface area contributed by atoms with Crippen LogP contribution in [0.2, 0.25) is 0 Å². The highest BCUT2D eigenvalue weighted by Crippen LogP contribution is 2.08. The van der Waals surface area contributed by atoms with Crippen molar-refractivity contribution in [1.29, 1.82) is 0 Å². The molecule has 2 N–H and O–H groups in total. The number of hydrogen-bond donors (Lipinski definition) is 2. The quantitative estimate of drug-likeness (QED) is 0.462. The third-order valence-corrected chi connectivity index (χ3v) is 1.71. The number of hydrogen-bond acceptors (Lipinski definition) is 4. The number of carbonyl (C=O) groups is 1. The highest BCUT2D eigenvalue weighted by atomic mass is 32.1. The fraction of sp³-hybridized carbons (Fsp3) is 0.400. The molecular weight excluding hydrogens is 150 g/mol. The summed E-state index contributed by atoms with van der Waals surface area (Å²) in [6, 6.07) is 0. The number of rotatable bonds is 0. The lowest BCUT2D eigenvalue weighted by Crippen LogP contribution is -2.49. The first-order chi connectivity index (χ1) is 4.63. The third-order valence-electron chi connectivity index (χ3n) is 1.33. The molecule has 0 aliphatic carbocycles. The van der Waals surface area contributed by atoms with Crippen molar-refractivity contribution in [1.82, 2.24) is 9.21 Å². The Labute approximate surface area is 64.8 Å². The maximum atomic E-state index is 11.0. The van der Waals surface area contributed by atoms with Crippen LogP contribution in [0.15, 0.2) is 12.4 Å². The van der Waals surface area contributed by atoms with Crippen molar-refractivity contribution in [3.05, 3.63) is 12.4 Å². The first-order valence-corrected chi connectivity index (χ1v) is 3.20. The molecule has 10 heavy (non-hydrogen) atoms. The Hall–Kier alpha value is -0.680. The molecule has 1 heterocycles. The standard InChI is InChI=1S/C5H9N3OS/c1-7-2-3-8(10)4(6)5(7)9/h2-4,10H,6H2,1H3. The van der Waals surface area contributed by atoms with E-state index in [2.05, 4.69) is 12.8 Å². The van der Waals surface area contributed by atoms with Crippen molar-refractivity contribution in [3.63, 3.8) is 0 Å². The van der Waals surface area contributed by atoms with Crippen LogP contribution in [-0.2, 0) is 4.79 Å². The molecule has 1 aliphatic heterocycles. The third kappa shape index (κ3) is 1.10. The number of nitrogens with two attached hydrogens (primary N) is 1. The van der Waals surface area contributed by atoms with Gasteiger partial charge in [0.05, 0.1) is 0 Å². The van der Waals surface area contributed by atoms with Crippen molar-refractivity contribution in [2.45, 2.75) is 6.17 Å². The summed E-state index contributed by atoms with van der Waals surface area (Å²) in [6.07, 6.45) is 2.59. The lowest BCUT2D eigenvalue weighted by Gasteiger charge is -2.28. The molecule has 0 bridgehead atoms. The van der Waals surface area contributed by atoms with Gasteiger partial charge in [-0.1, -0.05) is 12.8 Å². The predicted molar refractivity (Wildman–Crippen MR) is 40.7 cm³/mol. The number of amides is 1. The maximum Gasteiger partial charge on any atom is 0.264 e. The molecule has 5 heteroatoms. The maximum absolute atomic E-state index is 11.0. The van der Waals surface area contributed by atoms with Crippen molar-refractivity contribution in [3.8, 4) is 0 Å². The van der Waals surface area contributed by atoms with Crippen LogP contribution in [0.3, 0.4) is 0 Å². The lowest BCUT2D eigenvalue weighted by molar-refractivity contribution is -0.131. The van der Waals surface area contributed by atoms with Crippen LogP contribution in [0.1, 0.15) is 0 Å². The van der Waals surface area contributed by atoms with E-state index in [9.17, 15) is 4.79 Å². The molecule has 56 valence electrons. The predicted octanol–water partition coefficient (Wildman–Crippen LogP) is -0.639. The van der Waals surface area contributed by atoms with Gasteiger partial charge in [-0.05, 0) is 0 Å². The van der Waals surface area contributed by atoms with Gasteiger partial charge in [0.2, 0.25) is 0 Å². The summed E-state index contributed by atoms with van der Waals surface area (Å²) >= 11 is 3.93. The lowest BCUT2D eigenvalue weighted by atomic mass is 10.4. The summed E-state index contributed by atoms with van der Waals surface area (Å²) < 4.78 is 1.36. The Morgan fingerprint density at radius 3 is 2.80 bits per heavy atom. The zero-order valence-electron chi connectivity index (χ0n) is 5.56. The Morgan fingerprint density at radius 1 is 1.70 bits per heavy atom. The van der Waals surface area contributed by atoms with E-state index < -0.39 is 6.17 Å². The number of nitrogens with zero attached hydrogens (tertiary/aromatic N) is 2. The summed E-state index contributed by atoms with van der Waals surface area (Å²) in [5, 5.41) is 0. The van der Waals surface area contributed by atoms with Crippen LogP contribution >= 0.6 is 12.8 Å². The van der Waals surface area contributed by atoms with Gasteiger partial charge in [0.15, 0.2) is 6.17 Å². The Kier molecular flexibility index (Phi) is 1.87. The average molecular weight is 159 g/mol. The molecule has 0 aromatic rings. The van der Waals surface area contributed by atoms with Crippen LogP contribution in [0.25, 0.3) is 0 Å². The SMILES string of the molecule is CN1C=CN(S)C(N)C1=O. The van der Waals surface area contributed by atoms with E-state index in [-0.39, 0.29) is 5.91 Å². The topological polar surface area (TPSA) is 49.6 Å². The van der Waals surface area contributed by atoms with Crippen molar-refractivity contribution < 1.29 is 4.79 Å². The number of thiol groups is 1. The summed E-state index contributed by atoms with van der Waals surface area (Å²) in [5.74, 6) is -0.155. The van der Waals surface area contributed by atoms with Gasteiger partial charge in [-0.2, -0.15) is 0 Å². The Morgan fingerprint density at radius 2 is 2.30 bits per heavy atom. The summed E-state index contributed by atoms with van der Waals surface area (Å²) in [6.45, 7) is 0. The first-order valence-electron chi connectivity index (χ1n) is 2.80. The van der Waals surface area contributed by atoms with Crippen molar-refractivity contribution in [2.24, 2.45) is 5.73 Å². The minimum absolute atomic E-state index is 0.155. The van der Waals surface area contributed by atoms with Crippen LogP contribution in [0.5, 0.6) is 0 Å². The molecule has 1 atom stereocenters. The van der Waals surface area contributed by atoms with E-state index in [1.807, 2.05) is 0 Å². The van der Waals surface area contributed by atoms with E-state index in [4.69, 9.17) is 5.73 Å². The van der Waals surface area contributed by atoms with E-state index in [0.717, 1.165) is 0 Å². The van der Waals surface area contributed by atoms with Gasteiger partial charge in [0, 0.05) is 19.4 Å². The highest BCUT2D eigenvalue weighted by Gasteiger charge is 2.23. The van der Waals surface area contributed by atoms with Crippen LogP contribution in [0, 0.1) is 0 Å². The molecule has 0 spiro atoms. The highest BCUT2D eigenvalue weighted by molar-refractivity contribution is 7.77. The van der Waals surface area contributed by atoms with Gasteiger partial charge in [0.25, 0.3) is 5.91 Å². The fourth-order valence-electron chi connectivity index (χ4n) is 0.656. The molecule has 4 nitrogen and oxygen atoms in total. The van der Waals surface area contributed by atoms with Gasteiger partial charge in [-0.15, -0.1) is 0 Å². The monoisotopic (exact) mass is 159 g/mol. The molecule has 0 fully saturated rings. The minimum Gasteiger partial charge on any atom is -0.318 e. The number of likely N-dealkylation sites (N-methyl/N-ethyl adjacent to an activating group) is 1. The molecule has 1 rings (SSSR count). The zero-order chi connectivity index (χ0) is 7.72. The Bertz CT molecular complexity index is 182. The van der Waals surface area contributed by atoms with E-state index in [0.29, 0.717) is 0 Å². The minimum atomic E-state index is -0.654. The largest absolute Gasteiger partial charge is 0.318 e. The summed E-state index contributed by atoms with van der Waals surface area (Å²) in [4.78, 5) is 12.4. The summed E-state index contributed by atoms with van der Waals surface area (Å²) in [7, 11) is 1.65. The van der Waals surface area contributed by atoms with E-state index in [1.54, 1.807) is 19.4 Å². The average Bonchev–Trinajstić information content (AvgIpc) is 1.93. The second-order valence-corrected chi connectivity index (χ2v) is 2.53. The molecule has 0 saturated heterocycles. The fourth-order valence-corrected chi connectivity index (χ4v) is 0.815. The molecule has 0 aromatic heterocycles.